The summed E-state index contributed by atoms with van der Waals surface area (Å²) < 4.78 is 13.1. The Hall–Kier alpha value is -1.49. The Balaban J connectivity index is 2.96. The normalized spacial score (nSPS) is 12.0. The van der Waals surface area contributed by atoms with Crippen LogP contribution in [0.25, 0.3) is 0 Å². The van der Waals surface area contributed by atoms with Crippen molar-refractivity contribution in [1.82, 2.24) is 4.90 Å². The third-order valence-corrected chi connectivity index (χ3v) is 3.06. The van der Waals surface area contributed by atoms with Crippen molar-refractivity contribution in [2.45, 2.75) is 19.9 Å². The average molecular weight is 254 g/mol. The van der Waals surface area contributed by atoms with Crippen LogP contribution in [0.3, 0.4) is 0 Å². The Kier molecular flexibility index (Phi) is 4.17. The van der Waals surface area contributed by atoms with Gasteiger partial charge in [-0.3, -0.25) is 4.79 Å². The van der Waals surface area contributed by atoms with E-state index in [0.29, 0.717) is 11.1 Å². The second-order valence-electron chi connectivity index (χ2n) is 3.96. The first kappa shape index (κ1) is 13.6. The number of hydrogen-bond acceptors (Lipinski definition) is 2. The molecule has 3 nitrogen and oxygen atoms in total. The summed E-state index contributed by atoms with van der Waals surface area (Å²) in [5.41, 5.74) is 6.35. The van der Waals surface area contributed by atoms with Gasteiger partial charge in [0.25, 0.3) is 5.91 Å². The van der Waals surface area contributed by atoms with Gasteiger partial charge in [-0.25, -0.2) is 4.39 Å². The number of nitrogens with two attached hydrogens (primary N) is 1. The molecule has 1 rings (SSSR count). The summed E-state index contributed by atoms with van der Waals surface area (Å²) >= 11 is 4.83. The zero-order valence-corrected chi connectivity index (χ0v) is 10.8. The number of amides is 1. The van der Waals surface area contributed by atoms with Gasteiger partial charge in [-0.15, -0.1) is 0 Å². The summed E-state index contributed by atoms with van der Waals surface area (Å²) in [4.78, 5) is 13.7. The molecule has 0 aromatic heterocycles. The highest BCUT2D eigenvalue weighted by molar-refractivity contribution is 7.80. The first-order valence-electron chi connectivity index (χ1n) is 5.17. The van der Waals surface area contributed by atoms with Crippen LogP contribution in [0.2, 0.25) is 0 Å². The van der Waals surface area contributed by atoms with Gasteiger partial charge in [-0.2, -0.15) is 0 Å². The number of carbonyl (C=O) groups excluding carboxylic acids is 1. The molecule has 0 radical (unpaired) electrons. The molecule has 1 unspecified atom stereocenters. The molecular weight excluding hydrogens is 239 g/mol. The molecular formula is C12H15FN2OS. The first-order chi connectivity index (χ1) is 7.84. The molecule has 0 saturated carbocycles. The number of rotatable bonds is 3. The molecule has 1 aromatic rings. The molecule has 0 bridgehead atoms. The van der Waals surface area contributed by atoms with E-state index in [2.05, 4.69) is 0 Å². The monoisotopic (exact) mass is 254 g/mol. The number of likely N-dealkylation sites (N-methyl/N-ethyl adjacent to an activating group) is 1. The van der Waals surface area contributed by atoms with Crippen LogP contribution in [-0.4, -0.2) is 28.9 Å². The lowest BCUT2D eigenvalue weighted by Gasteiger charge is -2.24. The Bertz CT molecular complexity index is 462. The van der Waals surface area contributed by atoms with Gasteiger partial charge >= 0.3 is 0 Å². The van der Waals surface area contributed by atoms with Crippen molar-refractivity contribution < 1.29 is 9.18 Å². The van der Waals surface area contributed by atoms with Gasteiger partial charge in [0.05, 0.1) is 11.0 Å². The standard InChI is InChI=1S/C12H15FN2OS/c1-7-6-9(4-5-10(7)13)12(16)15(3)8(2)11(14)17/h4-6,8H,1-3H3,(H2,14,17). The lowest BCUT2D eigenvalue weighted by Crippen LogP contribution is -2.42. The van der Waals surface area contributed by atoms with Gasteiger partial charge in [0.1, 0.15) is 5.82 Å². The maximum absolute atomic E-state index is 13.1. The fourth-order valence-electron chi connectivity index (χ4n) is 1.35. The van der Waals surface area contributed by atoms with Crippen LogP contribution >= 0.6 is 12.2 Å². The zero-order valence-electron chi connectivity index (χ0n) is 10.0. The van der Waals surface area contributed by atoms with Crippen LogP contribution < -0.4 is 5.73 Å². The number of carbonyl (C=O) groups is 1. The van der Waals surface area contributed by atoms with Crippen LogP contribution in [0.4, 0.5) is 4.39 Å². The Labute approximate surface area is 105 Å². The number of benzene rings is 1. The molecule has 0 aliphatic heterocycles. The second-order valence-corrected chi connectivity index (χ2v) is 4.43. The van der Waals surface area contributed by atoms with Crippen molar-refractivity contribution in [2.75, 3.05) is 7.05 Å². The van der Waals surface area contributed by atoms with Gasteiger partial charge in [-0.05, 0) is 37.6 Å². The fraction of sp³-hybridized carbons (Fsp3) is 0.333. The van der Waals surface area contributed by atoms with Crippen molar-refractivity contribution in [2.24, 2.45) is 5.73 Å². The Morgan fingerprint density at radius 2 is 2.12 bits per heavy atom. The van der Waals surface area contributed by atoms with Crippen molar-refractivity contribution >= 4 is 23.1 Å². The van der Waals surface area contributed by atoms with E-state index >= 15 is 0 Å². The highest BCUT2D eigenvalue weighted by Crippen LogP contribution is 2.12. The molecule has 92 valence electrons. The predicted octanol–water partition coefficient (Wildman–Crippen LogP) is 1.88. The summed E-state index contributed by atoms with van der Waals surface area (Å²) in [6, 6.07) is 3.92. The molecule has 1 atom stereocenters. The molecule has 5 heteroatoms. The molecule has 2 N–H and O–H groups in total. The smallest absolute Gasteiger partial charge is 0.254 e. The minimum absolute atomic E-state index is 0.228. The molecule has 17 heavy (non-hydrogen) atoms. The van der Waals surface area contributed by atoms with E-state index in [0.717, 1.165) is 0 Å². The number of thiocarbonyl (C=S) groups is 1. The van der Waals surface area contributed by atoms with E-state index in [4.69, 9.17) is 18.0 Å². The van der Waals surface area contributed by atoms with Gasteiger partial charge in [-0.1, -0.05) is 12.2 Å². The maximum atomic E-state index is 13.1. The van der Waals surface area contributed by atoms with Gasteiger partial charge in [0, 0.05) is 12.6 Å². The minimum atomic E-state index is -0.331. The Morgan fingerprint density at radius 3 is 2.59 bits per heavy atom. The number of nitrogens with zero attached hydrogens (tertiary/aromatic N) is 1. The SMILES string of the molecule is Cc1cc(C(=O)N(C)C(C)C(N)=S)ccc1F. The molecule has 0 aliphatic carbocycles. The third kappa shape index (κ3) is 3.00. The van der Waals surface area contributed by atoms with Crippen LogP contribution in [0.5, 0.6) is 0 Å². The first-order valence-corrected chi connectivity index (χ1v) is 5.58. The topological polar surface area (TPSA) is 46.3 Å². The summed E-state index contributed by atoms with van der Waals surface area (Å²) in [6.45, 7) is 3.36. The highest BCUT2D eigenvalue weighted by Gasteiger charge is 2.19. The maximum Gasteiger partial charge on any atom is 0.254 e. The molecule has 0 saturated heterocycles. The van der Waals surface area contributed by atoms with E-state index < -0.39 is 0 Å². The highest BCUT2D eigenvalue weighted by atomic mass is 32.1. The van der Waals surface area contributed by atoms with E-state index in [1.54, 1.807) is 20.9 Å². The number of aryl methyl sites for hydroxylation is 1. The van der Waals surface area contributed by atoms with Gasteiger partial charge in [0.15, 0.2) is 0 Å². The number of hydrogen-bond donors (Lipinski definition) is 1. The van der Waals surface area contributed by atoms with Crippen LogP contribution in [0.1, 0.15) is 22.8 Å². The quantitative estimate of drug-likeness (QED) is 0.838. The largest absolute Gasteiger partial charge is 0.392 e. The van der Waals surface area contributed by atoms with E-state index in [1.807, 2.05) is 0 Å². The summed E-state index contributed by atoms with van der Waals surface area (Å²) in [6.07, 6.45) is 0. The summed E-state index contributed by atoms with van der Waals surface area (Å²) in [5, 5.41) is 0. The molecule has 1 aromatic carbocycles. The fourth-order valence-corrected chi connectivity index (χ4v) is 1.51. The van der Waals surface area contributed by atoms with E-state index in [1.165, 1.54) is 23.1 Å². The lowest BCUT2D eigenvalue weighted by molar-refractivity contribution is 0.0779. The zero-order chi connectivity index (χ0) is 13.2. The second kappa shape index (κ2) is 5.23. The Morgan fingerprint density at radius 1 is 1.53 bits per heavy atom. The van der Waals surface area contributed by atoms with Crippen LogP contribution in [-0.2, 0) is 0 Å². The van der Waals surface area contributed by atoms with Crippen molar-refractivity contribution in [3.05, 3.63) is 35.1 Å². The third-order valence-electron chi connectivity index (χ3n) is 2.72. The lowest BCUT2D eigenvalue weighted by atomic mass is 10.1. The van der Waals surface area contributed by atoms with Crippen molar-refractivity contribution in [3.63, 3.8) is 0 Å². The minimum Gasteiger partial charge on any atom is -0.392 e. The molecule has 0 heterocycles. The summed E-state index contributed by atoms with van der Waals surface area (Å²) in [7, 11) is 1.62. The predicted molar refractivity (Wildman–Crippen MR) is 69.5 cm³/mol. The van der Waals surface area contributed by atoms with Crippen molar-refractivity contribution in [1.29, 1.82) is 0 Å². The van der Waals surface area contributed by atoms with Crippen LogP contribution in [0, 0.1) is 12.7 Å². The molecule has 0 fully saturated rings. The average Bonchev–Trinajstić information content (AvgIpc) is 2.29. The summed E-state index contributed by atoms with van der Waals surface area (Å²) in [5.74, 6) is -0.556. The van der Waals surface area contributed by atoms with E-state index in [9.17, 15) is 9.18 Å². The molecule has 1 amide bonds. The van der Waals surface area contributed by atoms with E-state index in [-0.39, 0.29) is 22.8 Å². The molecule has 0 spiro atoms. The number of halogens is 1. The van der Waals surface area contributed by atoms with Gasteiger partial charge < -0.3 is 10.6 Å². The molecule has 0 aliphatic rings. The van der Waals surface area contributed by atoms with Gasteiger partial charge in [0.2, 0.25) is 0 Å². The van der Waals surface area contributed by atoms with Crippen LogP contribution in [0.15, 0.2) is 18.2 Å². The van der Waals surface area contributed by atoms with Crippen molar-refractivity contribution in [3.8, 4) is 0 Å².